The number of rotatable bonds is 9. The zero-order chi connectivity index (χ0) is 36.4. The van der Waals surface area contributed by atoms with E-state index in [2.05, 4.69) is 10.3 Å². The van der Waals surface area contributed by atoms with Gasteiger partial charge in [0.2, 0.25) is 11.8 Å². The van der Waals surface area contributed by atoms with Crippen molar-refractivity contribution in [1.29, 1.82) is 0 Å². The zero-order valence-electron chi connectivity index (χ0n) is 28.6. The van der Waals surface area contributed by atoms with Crippen molar-refractivity contribution in [3.05, 3.63) is 105 Å². The number of halogens is 2. The SMILES string of the molecule is COc1nc(-c2cccc(-c3cccc(-c4ccc5nc(CO)cc(=O)n5c4)c3Cl)c2Cl)ccc1CN(C[C@@H]1CCC(=O)N1)C(=O)OC(C)(C)C. The average Bonchev–Trinajstić information content (AvgIpc) is 3.51. The maximum atomic E-state index is 13.3. The van der Waals surface area contributed by atoms with Gasteiger partial charge < -0.3 is 24.8 Å². The molecule has 0 aliphatic carbocycles. The molecule has 1 atom stereocenters. The second kappa shape index (κ2) is 14.7. The third-order valence-electron chi connectivity index (χ3n) is 8.42. The molecule has 13 heteroatoms. The Morgan fingerprint density at radius 2 is 1.67 bits per heavy atom. The molecule has 5 aromatic rings. The van der Waals surface area contributed by atoms with Gasteiger partial charge in [0.1, 0.15) is 11.2 Å². The van der Waals surface area contributed by atoms with E-state index in [0.717, 1.165) is 0 Å². The lowest BCUT2D eigenvalue weighted by molar-refractivity contribution is -0.119. The number of carbonyl (C=O) groups excluding carboxylic acids is 2. The quantitative estimate of drug-likeness (QED) is 0.167. The van der Waals surface area contributed by atoms with Crippen LogP contribution in [0.15, 0.2) is 77.7 Å². The summed E-state index contributed by atoms with van der Waals surface area (Å²) in [6, 6.07) is 19.5. The Kier molecular flexibility index (Phi) is 10.3. The summed E-state index contributed by atoms with van der Waals surface area (Å²) in [6.07, 6.45) is 2.20. The van der Waals surface area contributed by atoms with E-state index in [0.29, 0.717) is 79.2 Å². The number of aliphatic hydroxyl groups is 1. The third-order valence-corrected chi connectivity index (χ3v) is 9.23. The van der Waals surface area contributed by atoms with E-state index in [1.54, 1.807) is 37.9 Å². The first-order valence-electron chi connectivity index (χ1n) is 16.4. The fourth-order valence-corrected chi connectivity index (χ4v) is 6.69. The molecular formula is C38H37Cl2N5O6. The van der Waals surface area contributed by atoms with Gasteiger partial charge in [-0.1, -0.05) is 59.6 Å². The monoisotopic (exact) mass is 729 g/mol. The van der Waals surface area contributed by atoms with Crippen molar-refractivity contribution in [2.45, 2.75) is 58.4 Å². The number of methoxy groups -OCH3 is 1. The van der Waals surface area contributed by atoms with Gasteiger partial charge in [0.05, 0.1) is 41.7 Å². The summed E-state index contributed by atoms with van der Waals surface area (Å²) in [5, 5.41) is 13.2. The van der Waals surface area contributed by atoms with E-state index in [1.807, 2.05) is 54.6 Å². The van der Waals surface area contributed by atoms with E-state index >= 15 is 0 Å². The number of hydrogen-bond donors (Lipinski definition) is 2. The number of nitrogens with zero attached hydrogens (tertiary/aromatic N) is 4. The highest BCUT2D eigenvalue weighted by Crippen LogP contribution is 2.42. The van der Waals surface area contributed by atoms with Crippen molar-refractivity contribution < 1.29 is 24.2 Å². The highest BCUT2D eigenvalue weighted by Gasteiger charge is 2.29. The molecule has 1 aliphatic rings. The molecule has 0 spiro atoms. The molecule has 3 aromatic heterocycles. The van der Waals surface area contributed by atoms with E-state index in [-0.39, 0.29) is 37.2 Å². The zero-order valence-corrected chi connectivity index (χ0v) is 30.1. The minimum absolute atomic E-state index is 0.0408. The van der Waals surface area contributed by atoms with Gasteiger partial charge in [-0.15, -0.1) is 0 Å². The molecule has 1 aliphatic heterocycles. The highest BCUT2D eigenvalue weighted by atomic mass is 35.5. The van der Waals surface area contributed by atoms with Crippen LogP contribution in [0, 0.1) is 0 Å². The van der Waals surface area contributed by atoms with E-state index in [9.17, 15) is 19.5 Å². The van der Waals surface area contributed by atoms with Crippen LogP contribution >= 0.6 is 23.2 Å². The van der Waals surface area contributed by atoms with Crippen LogP contribution in [0.4, 0.5) is 4.79 Å². The number of aromatic nitrogens is 3. The molecule has 0 radical (unpaired) electrons. The normalized spacial score (nSPS) is 14.4. The second-order valence-electron chi connectivity index (χ2n) is 13.3. The van der Waals surface area contributed by atoms with Crippen LogP contribution in [0.3, 0.4) is 0 Å². The topological polar surface area (TPSA) is 135 Å². The number of nitrogens with one attached hydrogen (secondary N) is 1. The molecule has 4 heterocycles. The Morgan fingerprint density at radius 1 is 0.980 bits per heavy atom. The number of hydrogen-bond acceptors (Lipinski definition) is 8. The van der Waals surface area contributed by atoms with E-state index in [1.165, 1.54) is 17.6 Å². The molecule has 2 N–H and O–H groups in total. The van der Waals surface area contributed by atoms with Gasteiger partial charge in [-0.05, 0) is 51.5 Å². The van der Waals surface area contributed by atoms with Gasteiger partial charge in [0, 0.05) is 64.7 Å². The Labute approximate surface area is 304 Å². The summed E-state index contributed by atoms with van der Waals surface area (Å²) < 4.78 is 12.8. The fourth-order valence-electron chi connectivity index (χ4n) is 6.03. The van der Waals surface area contributed by atoms with Crippen LogP contribution in [-0.2, 0) is 22.7 Å². The number of aliphatic hydroxyl groups excluding tert-OH is 1. The Balaban J connectivity index is 1.32. The number of amides is 2. The lowest BCUT2D eigenvalue weighted by atomic mass is 9.97. The number of benzene rings is 2. The fraction of sp³-hybridized carbons (Fsp3) is 0.289. The number of fused-ring (bicyclic) bond motifs is 1. The number of ether oxygens (including phenoxy) is 2. The third kappa shape index (κ3) is 7.85. The first-order valence-corrected chi connectivity index (χ1v) is 17.1. The van der Waals surface area contributed by atoms with Crippen molar-refractivity contribution in [2.75, 3.05) is 13.7 Å². The predicted molar refractivity (Wildman–Crippen MR) is 196 cm³/mol. The first kappa shape index (κ1) is 35.8. The molecule has 264 valence electrons. The predicted octanol–water partition coefficient (Wildman–Crippen LogP) is 6.91. The standard InChI is InChI=1S/C38H37Cl2N5O6/c1-38(2,3)51-37(49)44(20-24-13-16-32(47)42-24)18-23-11-14-30(43-36(23)50-4)29-10-6-9-28(35(29)40)27-8-5-7-26(34(27)39)22-12-15-31-41-25(21-46)17-33(48)45(31)19-22/h5-12,14-15,17,19,24,46H,13,16,18,20-21H2,1-4H3,(H,42,47)/t24-/m0/s1. The van der Waals surface area contributed by atoms with Crippen LogP contribution in [0.1, 0.15) is 44.9 Å². The summed E-state index contributed by atoms with van der Waals surface area (Å²) in [5.41, 5.74) is 4.25. The summed E-state index contributed by atoms with van der Waals surface area (Å²) in [7, 11) is 1.51. The molecule has 51 heavy (non-hydrogen) atoms. The Bertz CT molecular complexity index is 2200. The average molecular weight is 731 g/mol. The molecule has 1 fully saturated rings. The Hall–Kier alpha value is -4.97. The van der Waals surface area contributed by atoms with Gasteiger partial charge >= 0.3 is 6.09 Å². The van der Waals surface area contributed by atoms with Crippen molar-refractivity contribution in [3.8, 4) is 39.4 Å². The summed E-state index contributed by atoms with van der Waals surface area (Å²) in [6.45, 7) is 5.50. The van der Waals surface area contributed by atoms with E-state index in [4.69, 9.17) is 37.7 Å². The molecule has 0 bridgehead atoms. The molecule has 11 nitrogen and oxygen atoms in total. The van der Waals surface area contributed by atoms with E-state index < -0.39 is 11.7 Å². The molecule has 2 amide bonds. The van der Waals surface area contributed by atoms with Crippen LogP contribution in [0.5, 0.6) is 5.88 Å². The van der Waals surface area contributed by atoms with Crippen LogP contribution < -0.4 is 15.6 Å². The summed E-state index contributed by atoms with van der Waals surface area (Å²) in [5.74, 6) is 0.270. The molecule has 2 aromatic carbocycles. The van der Waals surface area contributed by atoms with Gasteiger partial charge in [0.15, 0.2) is 0 Å². The molecule has 0 unspecified atom stereocenters. The first-order chi connectivity index (χ1) is 24.3. The maximum absolute atomic E-state index is 13.3. The summed E-state index contributed by atoms with van der Waals surface area (Å²) in [4.78, 5) is 48.5. The minimum Gasteiger partial charge on any atom is -0.481 e. The Morgan fingerprint density at radius 3 is 2.31 bits per heavy atom. The second-order valence-corrected chi connectivity index (χ2v) is 14.0. The maximum Gasteiger partial charge on any atom is 0.410 e. The molecule has 6 rings (SSSR count). The lowest BCUT2D eigenvalue weighted by Crippen LogP contribution is -2.43. The number of carbonyl (C=O) groups is 2. The van der Waals surface area contributed by atoms with Gasteiger partial charge in [-0.3, -0.25) is 14.0 Å². The number of pyridine rings is 2. The largest absolute Gasteiger partial charge is 0.481 e. The van der Waals surface area contributed by atoms with Crippen LogP contribution in [0.25, 0.3) is 39.2 Å². The minimum atomic E-state index is -0.706. The van der Waals surface area contributed by atoms with Gasteiger partial charge in [0.25, 0.3) is 5.56 Å². The van der Waals surface area contributed by atoms with Crippen molar-refractivity contribution in [1.82, 2.24) is 24.6 Å². The van der Waals surface area contributed by atoms with Crippen LogP contribution in [0.2, 0.25) is 10.0 Å². The van der Waals surface area contributed by atoms with Crippen molar-refractivity contribution >= 4 is 40.8 Å². The molecule has 1 saturated heterocycles. The smallest absolute Gasteiger partial charge is 0.410 e. The van der Waals surface area contributed by atoms with Crippen molar-refractivity contribution in [2.24, 2.45) is 0 Å². The van der Waals surface area contributed by atoms with Gasteiger partial charge in [-0.25, -0.2) is 14.8 Å². The lowest BCUT2D eigenvalue weighted by Gasteiger charge is -2.29. The summed E-state index contributed by atoms with van der Waals surface area (Å²) >= 11 is 14.1. The molecule has 0 saturated carbocycles. The van der Waals surface area contributed by atoms with Crippen molar-refractivity contribution in [3.63, 3.8) is 0 Å². The van der Waals surface area contributed by atoms with Gasteiger partial charge in [-0.2, -0.15) is 0 Å². The van der Waals surface area contributed by atoms with Crippen LogP contribution in [-0.4, -0.2) is 61.7 Å². The highest BCUT2D eigenvalue weighted by molar-refractivity contribution is 6.39. The molecular weight excluding hydrogens is 693 g/mol.